The van der Waals surface area contributed by atoms with Crippen LogP contribution in [0.5, 0.6) is 0 Å². The van der Waals surface area contributed by atoms with Gasteiger partial charge in [-0.05, 0) is 39.7 Å². The molecule has 0 aromatic carbocycles. The first-order valence-electron chi connectivity index (χ1n) is 7.59. The van der Waals surface area contributed by atoms with Crippen molar-refractivity contribution >= 4 is 5.82 Å². The molecule has 1 saturated heterocycles. The molecule has 1 aromatic heterocycles. The van der Waals surface area contributed by atoms with Crippen LogP contribution in [0.4, 0.5) is 5.82 Å². The number of nitrogens with zero attached hydrogens (tertiary/aromatic N) is 4. The smallest absolute Gasteiger partial charge is 0.132 e. The molecule has 0 bridgehead atoms. The summed E-state index contributed by atoms with van der Waals surface area (Å²) < 4.78 is 0. The molecule has 5 heteroatoms. The molecule has 0 aliphatic carbocycles. The molecule has 5 nitrogen and oxygen atoms in total. The van der Waals surface area contributed by atoms with Crippen LogP contribution < -0.4 is 4.90 Å². The molecule has 112 valence electrons. The van der Waals surface area contributed by atoms with E-state index in [1.54, 1.807) is 0 Å². The number of hydrogen-bond donors (Lipinski definition) is 1. The SMILES string of the molecule is Cc1cc(N2CCN(CCCCCO)CC2)nc(C)n1. The highest BCUT2D eigenvalue weighted by atomic mass is 16.2. The standard InChI is InChI=1S/C15H26N4O/c1-13-12-15(17-14(2)16-13)19-9-7-18(8-10-19)6-4-3-5-11-20/h12,20H,3-11H2,1-2H3. The highest BCUT2D eigenvalue weighted by Crippen LogP contribution is 2.15. The predicted molar refractivity (Wildman–Crippen MR) is 81.1 cm³/mol. The Morgan fingerprint density at radius 2 is 1.80 bits per heavy atom. The van der Waals surface area contributed by atoms with E-state index in [1.165, 1.54) is 6.42 Å². The average Bonchev–Trinajstić information content (AvgIpc) is 2.43. The highest BCUT2D eigenvalue weighted by Gasteiger charge is 2.18. The van der Waals surface area contributed by atoms with E-state index >= 15 is 0 Å². The summed E-state index contributed by atoms with van der Waals surface area (Å²) in [5.41, 5.74) is 1.04. The van der Waals surface area contributed by atoms with Crippen molar-refractivity contribution in [2.75, 3.05) is 44.2 Å². The molecule has 2 heterocycles. The van der Waals surface area contributed by atoms with E-state index in [1.807, 2.05) is 13.8 Å². The van der Waals surface area contributed by atoms with Crippen LogP contribution in [0.25, 0.3) is 0 Å². The number of aryl methyl sites for hydroxylation is 2. The lowest BCUT2D eigenvalue weighted by Gasteiger charge is -2.35. The topological polar surface area (TPSA) is 52.5 Å². The van der Waals surface area contributed by atoms with Crippen molar-refractivity contribution in [2.24, 2.45) is 0 Å². The lowest BCUT2D eigenvalue weighted by molar-refractivity contribution is 0.242. The third kappa shape index (κ3) is 4.42. The van der Waals surface area contributed by atoms with Crippen molar-refractivity contribution in [1.82, 2.24) is 14.9 Å². The zero-order valence-electron chi connectivity index (χ0n) is 12.7. The first-order chi connectivity index (χ1) is 9.69. The fraction of sp³-hybridized carbons (Fsp3) is 0.733. The molecule has 2 rings (SSSR count). The number of rotatable bonds is 6. The van der Waals surface area contributed by atoms with Gasteiger partial charge in [0.2, 0.25) is 0 Å². The molecule has 1 aliphatic heterocycles. The van der Waals surface area contributed by atoms with Crippen LogP contribution >= 0.6 is 0 Å². The summed E-state index contributed by atoms with van der Waals surface area (Å²) in [4.78, 5) is 13.7. The first kappa shape index (κ1) is 15.2. The summed E-state index contributed by atoms with van der Waals surface area (Å²) in [6.45, 7) is 9.72. The van der Waals surface area contributed by atoms with Crippen LogP contribution in [-0.4, -0.2) is 59.3 Å². The monoisotopic (exact) mass is 278 g/mol. The van der Waals surface area contributed by atoms with Gasteiger partial charge in [-0.1, -0.05) is 0 Å². The minimum Gasteiger partial charge on any atom is -0.396 e. The molecule has 0 atom stereocenters. The molecule has 0 spiro atoms. The Kier molecular flexibility index (Phi) is 5.73. The van der Waals surface area contributed by atoms with E-state index in [0.29, 0.717) is 6.61 Å². The Morgan fingerprint density at radius 3 is 2.45 bits per heavy atom. The Morgan fingerprint density at radius 1 is 1.05 bits per heavy atom. The summed E-state index contributed by atoms with van der Waals surface area (Å²) >= 11 is 0. The van der Waals surface area contributed by atoms with E-state index < -0.39 is 0 Å². The van der Waals surface area contributed by atoms with E-state index in [-0.39, 0.29) is 0 Å². The number of anilines is 1. The van der Waals surface area contributed by atoms with Crippen molar-refractivity contribution in [1.29, 1.82) is 0 Å². The quantitative estimate of drug-likeness (QED) is 0.797. The maximum absolute atomic E-state index is 8.78. The van der Waals surface area contributed by atoms with Crippen molar-refractivity contribution in [2.45, 2.75) is 33.1 Å². The number of aliphatic hydroxyl groups is 1. The van der Waals surface area contributed by atoms with Gasteiger partial charge in [0.25, 0.3) is 0 Å². The highest BCUT2D eigenvalue weighted by molar-refractivity contribution is 5.40. The van der Waals surface area contributed by atoms with Crippen LogP contribution in [0.15, 0.2) is 6.07 Å². The van der Waals surface area contributed by atoms with Gasteiger partial charge in [-0.15, -0.1) is 0 Å². The largest absolute Gasteiger partial charge is 0.396 e. The Labute approximate surface area is 121 Å². The molecular formula is C15H26N4O. The summed E-state index contributed by atoms with van der Waals surface area (Å²) in [5, 5.41) is 8.78. The lowest BCUT2D eigenvalue weighted by Crippen LogP contribution is -2.47. The van der Waals surface area contributed by atoms with Crippen molar-refractivity contribution in [3.8, 4) is 0 Å². The van der Waals surface area contributed by atoms with Gasteiger partial charge in [-0.25, -0.2) is 9.97 Å². The van der Waals surface area contributed by atoms with Gasteiger partial charge >= 0.3 is 0 Å². The summed E-state index contributed by atoms with van der Waals surface area (Å²) in [5.74, 6) is 1.92. The number of hydrogen-bond acceptors (Lipinski definition) is 5. The molecule has 0 saturated carbocycles. The maximum atomic E-state index is 8.78. The van der Waals surface area contributed by atoms with Gasteiger partial charge in [0.15, 0.2) is 0 Å². The zero-order chi connectivity index (χ0) is 14.4. The molecule has 1 fully saturated rings. The van der Waals surface area contributed by atoms with Gasteiger partial charge in [0.05, 0.1) is 0 Å². The molecule has 0 radical (unpaired) electrons. The number of aromatic nitrogens is 2. The minimum absolute atomic E-state index is 0.320. The van der Waals surface area contributed by atoms with Crippen LogP contribution in [0, 0.1) is 13.8 Å². The van der Waals surface area contributed by atoms with E-state index in [9.17, 15) is 0 Å². The van der Waals surface area contributed by atoms with Crippen molar-refractivity contribution in [3.05, 3.63) is 17.6 Å². The van der Waals surface area contributed by atoms with Crippen molar-refractivity contribution in [3.63, 3.8) is 0 Å². The molecule has 20 heavy (non-hydrogen) atoms. The van der Waals surface area contributed by atoms with Crippen LogP contribution in [0.1, 0.15) is 30.8 Å². The lowest BCUT2D eigenvalue weighted by atomic mass is 10.2. The Hall–Kier alpha value is -1.20. The molecule has 1 aromatic rings. The van der Waals surface area contributed by atoms with E-state index in [4.69, 9.17) is 5.11 Å². The van der Waals surface area contributed by atoms with E-state index in [0.717, 1.165) is 62.9 Å². The number of aliphatic hydroxyl groups excluding tert-OH is 1. The van der Waals surface area contributed by atoms with Gasteiger partial charge in [0, 0.05) is 44.5 Å². The maximum Gasteiger partial charge on any atom is 0.132 e. The van der Waals surface area contributed by atoms with Crippen molar-refractivity contribution < 1.29 is 5.11 Å². The zero-order valence-corrected chi connectivity index (χ0v) is 12.7. The molecule has 0 unspecified atom stereocenters. The molecular weight excluding hydrogens is 252 g/mol. The van der Waals surface area contributed by atoms with Crippen LogP contribution in [-0.2, 0) is 0 Å². The van der Waals surface area contributed by atoms with Gasteiger partial charge in [0.1, 0.15) is 11.6 Å². The van der Waals surface area contributed by atoms with Crippen LogP contribution in [0.3, 0.4) is 0 Å². The Balaban J connectivity index is 1.79. The predicted octanol–water partition coefficient (Wildman–Crippen LogP) is 1.38. The molecule has 1 aliphatic rings. The third-order valence-corrected chi connectivity index (χ3v) is 3.78. The number of piperazine rings is 1. The summed E-state index contributed by atoms with van der Waals surface area (Å²) in [6.07, 6.45) is 3.24. The van der Waals surface area contributed by atoms with Gasteiger partial charge < -0.3 is 10.0 Å². The second-order valence-corrected chi connectivity index (χ2v) is 5.53. The number of unbranched alkanes of at least 4 members (excludes halogenated alkanes) is 2. The second kappa shape index (κ2) is 7.55. The average molecular weight is 278 g/mol. The van der Waals surface area contributed by atoms with Gasteiger partial charge in [-0.2, -0.15) is 0 Å². The minimum atomic E-state index is 0.320. The normalized spacial score (nSPS) is 16.6. The van der Waals surface area contributed by atoms with Gasteiger partial charge in [-0.3, -0.25) is 4.90 Å². The second-order valence-electron chi connectivity index (χ2n) is 5.53. The Bertz CT molecular complexity index is 396. The third-order valence-electron chi connectivity index (χ3n) is 3.78. The summed E-state index contributed by atoms with van der Waals surface area (Å²) in [7, 11) is 0. The van der Waals surface area contributed by atoms with E-state index in [2.05, 4.69) is 25.8 Å². The molecule has 1 N–H and O–H groups in total. The molecule has 0 amide bonds. The fourth-order valence-corrected chi connectivity index (χ4v) is 2.68. The first-order valence-corrected chi connectivity index (χ1v) is 7.59. The summed E-state index contributed by atoms with van der Waals surface area (Å²) in [6, 6.07) is 2.07. The van der Waals surface area contributed by atoms with Crippen LogP contribution in [0.2, 0.25) is 0 Å². The fourth-order valence-electron chi connectivity index (χ4n) is 2.68.